The van der Waals surface area contributed by atoms with Crippen LogP contribution in [0.2, 0.25) is 0 Å². The van der Waals surface area contributed by atoms with Crippen molar-refractivity contribution in [1.82, 2.24) is 0 Å². The van der Waals surface area contributed by atoms with E-state index >= 15 is 0 Å². The third-order valence-corrected chi connectivity index (χ3v) is 2.43. The van der Waals surface area contributed by atoms with Gasteiger partial charge in [0.05, 0.1) is 0 Å². The molecule has 1 unspecified atom stereocenters. The molecule has 1 aliphatic carbocycles. The second-order valence-corrected chi connectivity index (χ2v) is 4.10. The van der Waals surface area contributed by atoms with E-state index in [1.807, 2.05) is 13.8 Å². The zero-order chi connectivity index (χ0) is 10.8. The van der Waals surface area contributed by atoms with E-state index < -0.39 is 11.9 Å². The monoisotopic (exact) mass is 194 g/mol. The molecule has 0 aromatic rings. The molecule has 0 heterocycles. The highest BCUT2D eigenvalue weighted by Crippen LogP contribution is 2.43. The second kappa shape index (κ2) is 3.83. The molecular formula is C11H14O3. The molecule has 0 spiro atoms. The van der Waals surface area contributed by atoms with E-state index in [4.69, 9.17) is 4.74 Å². The molecule has 14 heavy (non-hydrogen) atoms. The van der Waals surface area contributed by atoms with Crippen LogP contribution in [0.25, 0.3) is 0 Å². The van der Waals surface area contributed by atoms with Crippen molar-refractivity contribution in [2.45, 2.75) is 27.2 Å². The van der Waals surface area contributed by atoms with Gasteiger partial charge in [-0.25, -0.2) is 0 Å². The first kappa shape index (κ1) is 10.8. The third-order valence-electron chi connectivity index (χ3n) is 2.43. The smallest absolute Gasteiger partial charge is 0.318 e. The van der Waals surface area contributed by atoms with Gasteiger partial charge in [-0.05, 0) is 12.3 Å². The molecule has 0 bridgehead atoms. The maximum Gasteiger partial charge on any atom is 0.318 e. The molecular weight excluding hydrogens is 180 g/mol. The minimum absolute atomic E-state index is 0.0237. The second-order valence-electron chi connectivity index (χ2n) is 4.10. The van der Waals surface area contributed by atoms with Gasteiger partial charge in [0, 0.05) is 6.42 Å². The molecule has 0 radical (unpaired) electrons. The molecule has 1 atom stereocenters. The van der Waals surface area contributed by atoms with Crippen molar-refractivity contribution < 1.29 is 14.3 Å². The van der Waals surface area contributed by atoms with Gasteiger partial charge in [-0.3, -0.25) is 9.59 Å². The Bertz CT molecular complexity index is 317. The normalized spacial score (nSPS) is 23.1. The van der Waals surface area contributed by atoms with E-state index in [0.717, 1.165) is 0 Å². The summed E-state index contributed by atoms with van der Waals surface area (Å²) in [6.45, 7) is 5.54. The van der Waals surface area contributed by atoms with Crippen LogP contribution in [0.15, 0.2) is 0 Å². The van der Waals surface area contributed by atoms with Gasteiger partial charge in [-0.2, -0.15) is 0 Å². The first-order valence-corrected chi connectivity index (χ1v) is 4.58. The number of hydrogen-bond acceptors (Lipinski definition) is 3. The Hall–Kier alpha value is -1.30. The van der Waals surface area contributed by atoms with E-state index in [1.54, 1.807) is 6.92 Å². The lowest BCUT2D eigenvalue weighted by molar-refractivity contribution is -0.164. The van der Waals surface area contributed by atoms with Crippen molar-refractivity contribution in [3.63, 3.8) is 0 Å². The molecule has 1 aliphatic rings. The molecule has 0 aromatic heterocycles. The van der Waals surface area contributed by atoms with E-state index in [1.165, 1.54) is 0 Å². The predicted molar refractivity (Wildman–Crippen MR) is 51.3 cm³/mol. The third kappa shape index (κ3) is 1.95. The molecule has 0 aliphatic heterocycles. The number of ether oxygens (including phenoxy) is 1. The lowest BCUT2D eigenvalue weighted by Crippen LogP contribution is -2.49. The van der Waals surface area contributed by atoms with Crippen LogP contribution in [0, 0.1) is 23.2 Å². The highest BCUT2D eigenvalue weighted by Gasteiger charge is 2.51. The SMILES string of the molecule is CC#CCOC(=O)C1C(=O)CC1(C)C. The number of Topliss-reactive ketones (excluding diaryl/α,β-unsaturated/α-hetero) is 1. The number of esters is 1. The fourth-order valence-corrected chi connectivity index (χ4v) is 1.67. The van der Waals surface area contributed by atoms with Crippen LogP contribution < -0.4 is 0 Å². The minimum Gasteiger partial charge on any atom is -0.452 e. The quantitative estimate of drug-likeness (QED) is 0.376. The summed E-state index contributed by atoms with van der Waals surface area (Å²) in [5.74, 6) is 4.20. The van der Waals surface area contributed by atoms with Gasteiger partial charge in [-0.15, -0.1) is 5.92 Å². The van der Waals surface area contributed by atoms with Crippen LogP contribution >= 0.6 is 0 Å². The molecule has 1 fully saturated rings. The Balaban J connectivity index is 2.51. The standard InChI is InChI=1S/C11H14O3/c1-4-5-6-14-10(13)9-8(12)7-11(9,2)3/h9H,6-7H2,1-3H3. The Labute approximate surface area is 83.8 Å². The van der Waals surface area contributed by atoms with E-state index in [9.17, 15) is 9.59 Å². The number of hydrogen-bond donors (Lipinski definition) is 0. The van der Waals surface area contributed by atoms with Gasteiger partial charge >= 0.3 is 5.97 Å². The summed E-state index contributed by atoms with van der Waals surface area (Å²) < 4.78 is 4.86. The lowest BCUT2D eigenvalue weighted by atomic mass is 9.61. The average Bonchev–Trinajstić information content (AvgIpc) is 2.02. The summed E-state index contributed by atoms with van der Waals surface area (Å²) in [7, 11) is 0. The first-order chi connectivity index (χ1) is 6.49. The van der Waals surface area contributed by atoms with E-state index in [2.05, 4.69) is 11.8 Å². The Morgan fingerprint density at radius 2 is 2.29 bits per heavy atom. The van der Waals surface area contributed by atoms with Crippen LogP contribution in [0.5, 0.6) is 0 Å². The highest BCUT2D eigenvalue weighted by atomic mass is 16.5. The van der Waals surface area contributed by atoms with Gasteiger partial charge in [0.2, 0.25) is 0 Å². The molecule has 0 saturated heterocycles. The van der Waals surface area contributed by atoms with Crippen molar-refractivity contribution in [2.75, 3.05) is 6.61 Å². The summed E-state index contributed by atoms with van der Waals surface area (Å²) in [6.07, 6.45) is 0.465. The summed E-state index contributed by atoms with van der Waals surface area (Å²) >= 11 is 0. The zero-order valence-electron chi connectivity index (χ0n) is 8.72. The summed E-state index contributed by atoms with van der Waals surface area (Å²) in [5, 5.41) is 0. The molecule has 0 aromatic carbocycles. The van der Waals surface area contributed by atoms with Crippen molar-refractivity contribution in [3.05, 3.63) is 0 Å². The summed E-state index contributed by atoms with van der Waals surface area (Å²) in [4.78, 5) is 22.6. The van der Waals surface area contributed by atoms with Crippen LogP contribution in [-0.4, -0.2) is 18.4 Å². The minimum atomic E-state index is -0.582. The van der Waals surface area contributed by atoms with Crippen molar-refractivity contribution in [2.24, 2.45) is 11.3 Å². The summed E-state index contributed by atoms with van der Waals surface area (Å²) in [6, 6.07) is 0. The van der Waals surface area contributed by atoms with Crippen LogP contribution in [0.3, 0.4) is 0 Å². The maximum absolute atomic E-state index is 11.4. The van der Waals surface area contributed by atoms with Crippen LogP contribution in [0.4, 0.5) is 0 Å². The van der Waals surface area contributed by atoms with Gasteiger partial charge in [-0.1, -0.05) is 19.8 Å². The van der Waals surface area contributed by atoms with Crippen LogP contribution in [-0.2, 0) is 14.3 Å². The highest BCUT2D eigenvalue weighted by molar-refractivity contribution is 6.05. The zero-order valence-corrected chi connectivity index (χ0v) is 8.72. The number of ketones is 1. The molecule has 76 valence electrons. The fraction of sp³-hybridized carbons (Fsp3) is 0.636. The summed E-state index contributed by atoms with van der Waals surface area (Å²) in [5.41, 5.74) is -0.242. The lowest BCUT2D eigenvalue weighted by Gasteiger charge is -2.40. The Kier molecular flexibility index (Phi) is 2.95. The van der Waals surface area contributed by atoms with E-state index in [0.29, 0.717) is 6.42 Å². The molecule has 0 amide bonds. The van der Waals surface area contributed by atoms with Gasteiger partial charge < -0.3 is 4.74 Å². The topological polar surface area (TPSA) is 43.4 Å². The van der Waals surface area contributed by atoms with Gasteiger partial charge in [0.1, 0.15) is 11.7 Å². The number of rotatable bonds is 2. The van der Waals surface area contributed by atoms with Crippen LogP contribution in [0.1, 0.15) is 27.2 Å². The van der Waals surface area contributed by atoms with Crippen molar-refractivity contribution >= 4 is 11.8 Å². The Morgan fingerprint density at radius 3 is 2.71 bits per heavy atom. The molecule has 3 heteroatoms. The van der Waals surface area contributed by atoms with Crippen molar-refractivity contribution in [1.29, 1.82) is 0 Å². The largest absolute Gasteiger partial charge is 0.452 e. The van der Waals surface area contributed by atoms with Gasteiger partial charge in [0.25, 0.3) is 0 Å². The fourth-order valence-electron chi connectivity index (χ4n) is 1.67. The molecule has 0 N–H and O–H groups in total. The predicted octanol–water partition coefficient (Wildman–Crippen LogP) is 1.17. The van der Waals surface area contributed by atoms with E-state index in [-0.39, 0.29) is 17.8 Å². The van der Waals surface area contributed by atoms with Gasteiger partial charge in [0.15, 0.2) is 6.61 Å². The number of carbonyl (C=O) groups is 2. The molecule has 3 nitrogen and oxygen atoms in total. The maximum atomic E-state index is 11.4. The first-order valence-electron chi connectivity index (χ1n) is 4.58. The average molecular weight is 194 g/mol. The number of carbonyl (C=O) groups excluding carboxylic acids is 2. The molecule has 1 rings (SSSR count). The Morgan fingerprint density at radius 1 is 1.64 bits per heavy atom. The van der Waals surface area contributed by atoms with Crippen molar-refractivity contribution in [3.8, 4) is 11.8 Å². The molecule has 1 saturated carbocycles.